The predicted octanol–water partition coefficient (Wildman–Crippen LogP) is 3.32. The fourth-order valence-corrected chi connectivity index (χ4v) is 2.35. The largest absolute Gasteiger partial charge is 0.495 e. The average molecular weight is 269 g/mol. The number of nitrogens with two attached hydrogens (primary N) is 1. The van der Waals surface area contributed by atoms with E-state index in [9.17, 15) is 4.79 Å². The Labute approximate surface area is 119 Å². The number of hydrogen-bond donors (Lipinski definition) is 1. The van der Waals surface area contributed by atoms with Crippen molar-refractivity contribution in [3.8, 4) is 5.75 Å². The number of anilines is 1. The van der Waals surface area contributed by atoms with Crippen molar-refractivity contribution in [3.05, 3.63) is 58.7 Å². The lowest BCUT2D eigenvalue weighted by molar-refractivity contribution is 0.0993. The van der Waals surface area contributed by atoms with E-state index >= 15 is 0 Å². The maximum absolute atomic E-state index is 12.5. The second kappa shape index (κ2) is 5.78. The summed E-state index contributed by atoms with van der Waals surface area (Å²) in [5.74, 6) is 0.552. The first-order valence-corrected chi connectivity index (χ1v) is 6.55. The van der Waals surface area contributed by atoms with Crippen molar-refractivity contribution in [1.29, 1.82) is 0 Å². The topological polar surface area (TPSA) is 52.3 Å². The van der Waals surface area contributed by atoms with Gasteiger partial charge in [-0.1, -0.05) is 24.3 Å². The molecular weight excluding hydrogens is 250 g/mol. The van der Waals surface area contributed by atoms with E-state index in [2.05, 4.69) is 0 Å². The van der Waals surface area contributed by atoms with Crippen molar-refractivity contribution in [1.82, 2.24) is 0 Å². The van der Waals surface area contributed by atoms with Crippen LogP contribution in [0, 0.1) is 13.8 Å². The lowest BCUT2D eigenvalue weighted by Gasteiger charge is -2.12. The molecule has 2 aromatic carbocycles. The minimum absolute atomic E-state index is 0.0128. The van der Waals surface area contributed by atoms with E-state index in [1.54, 1.807) is 25.3 Å². The monoisotopic (exact) mass is 269 g/mol. The van der Waals surface area contributed by atoms with Crippen LogP contribution in [0.25, 0.3) is 0 Å². The summed E-state index contributed by atoms with van der Waals surface area (Å²) in [5, 5.41) is 0. The van der Waals surface area contributed by atoms with Crippen LogP contribution >= 0.6 is 0 Å². The van der Waals surface area contributed by atoms with Crippen LogP contribution in [0.2, 0.25) is 0 Å². The van der Waals surface area contributed by atoms with Crippen molar-refractivity contribution in [2.75, 3.05) is 12.8 Å². The number of Topliss-reactive ketones (excluding diaryl/α,β-unsaturated/α-hetero) is 1. The Morgan fingerprint density at radius 1 is 1.10 bits per heavy atom. The molecule has 0 bridgehead atoms. The van der Waals surface area contributed by atoms with Gasteiger partial charge in [-0.25, -0.2) is 0 Å². The first-order valence-electron chi connectivity index (χ1n) is 6.55. The fourth-order valence-electron chi connectivity index (χ4n) is 2.35. The minimum Gasteiger partial charge on any atom is -0.495 e. The van der Waals surface area contributed by atoms with E-state index in [1.807, 2.05) is 32.0 Å². The van der Waals surface area contributed by atoms with Gasteiger partial charge < -0.3 is 10.5 Å². The summed E-state index contributed by atoms with van der Waals surface area (Å²) in [6.07, 6.45) is 0.357. The summed E-state index contributed by atoms with van der Waals surface area (Å²) in [6, 6.07) is 11.3. The highest BCUT2D eigenvalue weighted by atomic mass is 16.5. The van der Waals surface area contributed by atoms with Crippen molar-refractivity contribution in [2.45, 2.75) is 20.3 Å². The SMILES string of the molecule is COc1cccc(C(=O)Cc2c(C)cccc2C)c1N. The maximum atomic E-state index is 12.5. The van der Waals surface area contributed by atoms with Crippen LogP contribution in [-0.2, 0) is 6.42 Å². The minimum atomic E-state index is 0.0128. The maximum Gasteiger partial charge on any atom is 0.169 e. The zero-order chi connectivity index (χ0) is 14.7. The van der Waals surface area contributed by atoms with E-state index in [0.29, 0.717) is 23.4 Å². The number of benzene rings is 2. The van der Waals surface area contributed by atoms with Crippen LogP contribution in [0.15, 0.2) is 36.4 Å². The molecule has 2 aromatic rings. The molecule has 0 amide bonds. The van der Waals surface area contributed by atoms with Crippen molar-refractivity contribution < 1.29 is 9.53 Å². The van der Waals surface area contributed by atoms with Gasteiger partial charge in [0.2, 0.25) is 0 Å². The number of hydrogen-bond acceptors (Lipinski definition) is 3. The van der Waals surface area contributed by atoms with Crippen LogP contribution < -0.4 is 10.5 Å². The molecule has 0 spiro atoms. The van der Waals surface area contributed by atoms with Crippen molar-refractivity contribution >= 4 is 11.5 Å². The standard InChI is InChI=1S/C17H19NO2/c1-11-6-4-7-12(2)14(11)10-15(19)13-8-5-9-16(20-3)17(13)18/h4-9H,10,18H2,1-3H3. The molecule has 20 heavy (non-hydrogen) atoms. The number of nitrogen functional groups attached to an aromatic ring is 1. The Bertz CT molecular complexity index is 627. The van der Waals surface area contributed by atoms with Crippen molar-refractivity contribution in [3.63, 3.8) is 0 Å². The van der Waals surface area contributed by atoms with Crippen molar-refractivity contribution in [2.24, 2.45) is 0 Å². The summed E-state index contributed by atoms with van der Waals surface area (Å²) in [5.41, 5.74) is 10.2. The number of aryl methyl sites for hydroxylation is 2. The second-order valence-corrected chi connectivity index (χ2v) is 4.89. The molecule has 0 aliphatic carbocycles. The van der Waals surface area contributed by atoms with Gasteiger partial charge >= 0.3 is 0 Å². The Morgan fingerprint density at radius 3 is 2.30 bits per heavy atom. The summed E-state index contributed by atoms with van der Waals surface area (Å²) in [4.78, 5) is 12.5. The molecule has 0 saturated carbocycles. The van der Waals surface area contributed by atoms with Gasteiger partial charge in [0.05, 0.1) is 12.8 Å². The number of methoxy groups -OCH3 is 1. The third-order valence-corrected chi connectivity index (χ3v) is 3.57. The molecule has 2 rings (SSSR count). The van der Waals surface area contributed by atoms with Gasteiger partial charge in [-0.05, 0) is 42.7 Å². The molecule has 0 radical (unpaired) electrons. The molecule has 0 aliphatic heterocycles. The van der Waals surface area contributed by atoms with Crippen LogP contribution in [0.4, 0.5) is 5.69 Å². The van der Waals surface area contributed by atoms with Gasteiger partial charge in [0.15, 0.2) is 5.78 Å². The van der Waals surface area contributed by atoms with E-state index < -0.39 is 0 Å². The molecule has 104 valence electrons. The highest BCUT2D eigenvalue weighted by Gasteiger charge is 2.15. The lowest BCUT2D eigenvalue weighted by Crippen LogP contribution is -2.10. The fraction of sp³-hybridized carbons (Fsp3) is 0.235. The zero-order valence-electron chi connectivity index (χ0n) is 12.1. The Hall–Kier alpha value is -2.29. The van der Waals surface area contributed by atoms with Crippen LogP contribution in [-0.4, -0.2) is 12.9 Å². The molecule has 3 heteroatoms. The van der Waals surface area contributed by atoms with Crippen LogP contribution in [0.5, 0.6) is 5.75 Å². The quantitative estimate of drug-likeness (QED) is 0.684. The van der Waals surface area contributed by atoms with Crippen LogP contribution in [0.3, 0.4) is 0 Å². The van der Waals surface area contributed by atoms with Gasteiger partial charge in [-0.15, -0.1) is 0 Å². The Balaban J connectivity index is 2.34. The first-order chi connectivity index (χ1) is 9.54. The molecule has 2 N–H and O–H groups in total. The molecule has 3 nitrogen and oxygen atoms in total. The van der Waals surface area contributed by atoms with Gasteiger partial charge in [0.1, 0.15) is 5.75 Å². The molecule has 0 atom stereocenters. The van der Waals surface area contributed by atoms with E-state index in [-0.39, 0.29) is 5.78 Å². The molecule has 0 saturated heterocycles. The predicted molar refractivity (Wildman–Crippen MR) is 81.4 cm³/mol. The highest BCUT2D eigenvalue weighted by Crippen LogP contribution is 2.26. The second-order valence-electron chi connectivity index (χ2n) is 4.89. The number of rotatable bonds is 4. The number of ketones is 1. The summed E-state index contributed by atoms with van der Waals surface area (Å²) >= 11 is 0. The zero-order valence-corrected chi connectivity index (χ0v) is 12.1. The number of carbonyl (C=O) groups is 1. The molecule has 0 fully saturated rings. The number of carbonyl (C=O) groups excluding carboxylic acids is 1. The van der Waals surface area contributed by atoms with Gasteiger partial charge in [0.25, 0.3) is 0 Å². The molecule has 0 unspecified atom stereocenters. The third kappa shape index (κ3) is 2.67. The van der Waals surface area contributed by atoms with Crippen LogP contribution in [0.1, 0.15) is 27.0 Å². The molecule has 0 aliphatic rings. The lowest BCUT2D eigenvalue weighted by atomic mass is 9.95. The normalized spacial score (nSPS) is 10.3. The van der Waals surface area contributed by atoms with Gasteiger partial charge in [0, 0.05) is 12.0 Å². The first kappa shape index (κ1) is 14.1. The van der Waals surface area contributed by atoms with Gasteiger partial charge in [-0.3, -0.25) is 4.79 Å². The molecule has 0 heterocycles. The highest BCUT2D eigenvalue weighted by molar-refractivity contribution is 6.03. The summed E-state index contributed by atoms with van der Waals surface area (Å²) < 4.78 is 5.16. The Kier molecular flexibility index (Phi) is 4.08. The Morgan fingerprint density at radius 2 is 1.70 bits per heavy atom. The smallest absolute Gasteiger partial charge is 0.169 e. The molecule has 0 aromatic heterocycles. The number of para-hydroxylation sites is 1. The van der Waals surface area contributed by atoms with E-state index in [4.69, 9.17) is 10.5 Å². The summed E-state index contributed by atoms with van der Waals surface area (Å²) in [6.45, 7) is 4.04. The van der Waals surface area contributed by atoms with E-state index in [1.165, 1.54) is 0 Å². The van der Waals surface area contributed by atoms with Gasteiger partial charge in [-0.2, -0.15) is 0 Å². The third-order valence-electron chi connectivity index (χ3n) is 3.57. The average Bonchev–Trinajstić information content (AvgIpc) is 2.43. The summed E-state index contributed by atoms with van der Waals surface area (Å²) in [7, 11) is 1.55. The van der Waals surface area contributed by atoms with E-state index in [0.717, 1.165) is 16.7 Å². The number of ether oxygens (including phenoxy) is 1. The molecular formula is C17H19NO2.